The molecular weight excluding hydrogens is 214 g/mol. The number of nitrogens with zero attached hydrogens (tertiary/aromatic N) is 2. The van der Waals surface area contributed by atoms with E-state index in [9.17, 15) is 0 Å². The molecule has 0 aromatic carbocycles. The molecule has 0 spiro atoms. The number of anilines is 2. The van der Waals surface area contributed by atoms with Crippen molar-refractivity contribution in [1.29, 1.82) is 0 Å². The molecule has 1 heterocycles. The Labute approximate surface area is 103 Å². The van der Waals surface area contributed by atoms with E-state index in [4.69, 9.17) is 5.84 Å². The monoisotopic (exact) mass is 237 g/mol. The van der Waals surface area contributed by atoms with E-state index in [0.717, 1.165) is 30.0 Å². The van der Waals surface area contributed by atoms with Crippen molar-refractivity contribution in [2.75, 3.05) is 10.7 Å². The molecule has 0 amide bonds. The number of hydrazine groups is 1. The lowest BCUT2D eigenvalue weighted by Crippen LogP contribution is -2.31. The van der Waals surface area contributed by atoms with Crippen molar-refractivity contribution < 1.29 is 0 Å². The summed E-state index contributed by atoms with van der Waals surface area (Å²) >= 11 is 0. The van der Waals surface area contributed by atoms with Crippen molar-refractivity contribution in [2.24, 2.45) is 5.84 Å². The molecule has 0 aliphatic heterocycles. The topological polar surface area (TPSA) is 75.9 Å². The molecule has 4 N–H and O–H groups in total. The Morgan fingerprint density at radius 3 is 2.24 bits per heavy atom. The van der Waals surface area contributed by atoms with E-state index in [1.165, 1.54) is 0 Å². The van der Waals surface area contributed by atoms with Crippen LogP contribution in [0.15, 0.2) is 0 Å². The van der Waals surface area contributed by atoms with Crippen molar-refractivity contribution in [3.63, 3.8) is 0 Å². The van der Waals surface area contributed by atoms with Crippen LogP contribution in [-0.4, -0.2) is 15.5 Å². The van der Waals surface area contributed by atoms with Crippen molar-refractivity contribution in [2.45, 2.75) is 53.0 Å². The standard InChI is InChI=1S/C12H23N5/c1-6-9-14-10(16-12(4,5)7-2)8(3)11(15-9)17-13/h6-7,13H2,1-5H3,(H2,14,15,16,17). The maximum Gasteiger partial charge on any atom is 0.148 e. The molecule has 5 heteroatoms. The van der Waals surface area contributed by atoms with Gasteiger partial charge in [-0.15, -0.1) is 0 Å². The Hall–Kier alpha value is -1.36. The molecule has 1 aromatic rings. The molecule has 0 saturated carbocycles. The second kappa shape index (κ2) is 5.31. The van der Waals surface area contributed by atoms with Gasteiger partial charge in [-0.2, -0.15) is 0 Å². The van der Waals surface area contributed by atoms with E-state index >= 15 is 0 Å². The normalized spacial score (nSPS) is 11.4. The fraction of sp³-hybridized carbons (Fsp3) is 0.667. The van der Waals surface area contributed by atoms with Crippen LogP contribution in [0.2, 0.25) is 0 Å². The first-order valence-electron chi connectivity index (χ1n) is 6.05. The van der Waals surface area contributed by atoms with Crippen LogP contribution >= 0.6 is 0 Å². The minimum atomic E-state index is 0.00991. The fourth-order valence-electron chi connectivity index (χ4n) is 1.39. The Kier molecular flexibility index (Phi) is 4.28. The molecule has 1 aromatic heterocycles. The quantitative estimate of drug-likeness (QED) is 0.541. The number of rotatable bonds is 5. The first kappa shape index (κ1) is 13.7. The van der Waals surface area contributed by atoms with Gasteiger partial charge in [0.15, 0.2) is 0 Å². The third kappa shape index (κ3) is 3.30. The highest BCUT2D eigenvalue weighted by molar-refractivity contribution is 5.57. The average Bonchev–Trinajstić information content (AvgIpc) is 2.31. The molecule has 1 rings (SSSR count). The molecule has 0 aliphatic rings. The van der Waals surface area contributed by atoms with Gasteiger partial charge in [0.05, 0.1) is 0 Å². The Balaban J connectivity index is 3.13. The lowest BCUT2D eigenvalue weighted by molar-refractivity contribution is 0.543. The number of hydrogen-bond acceptors (Lipinski definition) is 5. The summed E-state index contributed by atoms with van der Waals surface area (Å²) in [5.41, 5.74) is 3.58. The van der Waals surface area contributed by atoms with Crippen molar-refractivity contribution in [3.8, 4) is 0 Å². The highest BCUT2D eigenvalue weighted by Crippen LogP contribution is 2.23. The van der Waals surface area contributed by atoms with E-state index in [0.29, 0.717) is 5.82 Å². The number of nitrogen functional groups attached to an aromatic ring is 1. The lowest BCUT2D eigenvalue weighted by atomic mass is 10.0. The van der Waals surface area contributed by atoms with Gasteiger partial charge in [-0.3, -0.25) is 0 Å². The molecule has 0 radical (unpaired) electrons. The molecule has 0 fully saturated rings. The zero-order valence-corrected chi connectivity index (χ0v) is 11.4. The minimum Gasteiger partial charge on any atom is -0.365 e. The Bertz CT molecular complexity index is 387. The van der Waals surface area contributed by atoms with E-state index in [1.807, 2.05) is 13.8 Å². The van der Waals surface area contributed by atoms with Crippen LogP contribution in [-0.2, 0) is 6.42 Å². The second-order valence-corrected chi connectivity index (χ2v) is 4.82. The number of hydrogen-bond donors (Lipinski definition) is 3. The number of aryl methyl sites for hydroxylation is 1. The zero-order chi connectivity index (χ0) is 13.1. The molecule has 0 saturated heterocycles. The van der Waals surface area contributed by atoms with Crippen LogP contribution in [0.4, 0.5) is 11.6 Å². The van der Waals surface area contributed by atoms with E-state index in [-0.39, 0.29) is 5.54 Å². The van der Waals surface area contributed by atoms with Crippen LogP contribution in [0.3, 0.4) is 0 Å². The largest absolute Gasteiger partial charge is 0.365 e. The predicted molar refractivity (Wildman–Crippen MR) is 71.9 cm³/mol. The van der Waals surface area contributed by atoms with E-state index in [2.05, 4.69) is 41.5 Å². The third-order valence-electron chi connectivity index (χ3n) is 2.99. The summed E-state index contributed by atoms with van der Waals surface area (Å²) in [4.78, 5) is 8.85. The molecule has 96 valence electrons. The first-order chi connectivity index (χ1) is 7.93. The van der Waals surface area contributed by atoms with Gasteiger partial charge in [-0.25, -0.2) is 15.8 Å². The summed E-state index contributed by atoms with van der Waals surface area (Å²) in [7, 11) is 0. The van der Waals surface area contributed by atoms with E-state index < -0.39 is 0 Å². The molecule has 5 nitrogen and oxygen atoms in total. The van der Waals surface area contributed by atoms with E-state index in [1.54, 1.807) is 0 Å². The van der Waals surface area contributed by atoms with Crippen LogP contribution in [0.25, 0.3) is 0 Å². The van der Waals surface area contributed by atoms with Gasteiger partial charge < -0.3 is 10.7 Å². The van der Waals surface area contributed by atoms with Gasteiger partial charge in [-0.1, -0.05) is 13.8 Å². The second-order valence-electron chi connectivity index (χ2n) is 4.82. The van der Waals surface area contributed by atoms with Gasteiger partial charge >= 0.3 is 0 Å². The first-order valence-corrected chi connectivity index (χ1v) is 6.05. The smallest absolute Gasteiger partial charge is 0.148 e. The summed E-state index contributed by atoms with van der Waals surface area (Å²) < 4.78 is 0. The summed E-state index contributed by atoms with van der Waals surface area (Å²) in [6.07, 6.45) is 1.81. The summed E-state index contributed by atoms with van der Waals surface area (Å²) in [5.74, 6) is 7.81. The van der Waals surface area contributed by atoms with Gasteiger partial charge in [0.1, 0.15) is 17.5 Å². The maximum atomic E-state index is 5.47. The van der Waals surface area contributed by atoms with Gasteiger partial charge in [0.25, 0.3) is 0 Å². The summed E-state index contributed by atoms with van der Waals surface area (Å²) in [5, 5.41) is 3.44. The number of nitrogens with two attached hydrogens (primary N) is 1. The Morgan fingerprint density at radius 2 is 1.76 bits per heavy atom. The SMILES string of the molecule is CCc1nc(NN)c(C)c(NC(C)(C)CC)n1. The number of aromatic nitrogens is 2. The van der Waals surface area contributed by atoms with Crippen molar-refractivity contribution in [3.05, 3.63) is 11.4 Å². The molecular formula is C12H23N5. The molecule has 0 atom stereocenters. The highest BCUT2D eigenvalue weighted by Gasteiger charge is 2.18. The van der Waals surface area contributed by atoms with Crippen molar-refractivity contribution in [1.82, 2.24) is 9.97 Å². The van der Waals surface area contributed by atoms with Gasteiger partial charge in [0.2, 0.25) is 0 Å². The predicted octanol–water partition coefficient (Wildman–Crippen LogP) is 2.23. The van der Waals surface area contributed by atoms with Crippen LogP contribution in [0.1, 0.15) is 45.5 Å². The molecule has 0 bridgehead atoms. The zero-order valence-electron chi connectivity index (χ0n) is 11.4. The van der Waals surface area contributed by atoms with Gasteiger partial charge in [-0.05, 0) is 27.2 Å². The highest BCUT2D eigenvalue weighted by atomic mass is 15.3. The summed E-state index contributed by atoms with van der Waals surface area (Å²) in [6.45, 7) is 10.4. The maximum absolute atomic E-state index is 5.47. The van der Waals surface area contributed by atoms with Gasteiger partial charge in [0, 0.05) is 17.5 Å². The minimum absolute atomic E-state index is 0.00991. The Morgan fingerprint density at radius 1 is 1.18 bits per heavy atom. The summed E-state index contributed by atoms with van der Waals surface area (Å²) in [6, 6.07) is 0. The van der Waals surface area contributed by atoms with Crippen LogP contribution in [0, 0.1) is 6.92 Å². The molecule has 17 heavy (non-hydrogen) atoms. The lowest BCUT2D eigenvalue weighted by Gasteiger charge is -2.26. The molecule has 0 aliphatic carbocycles. The average molecular weight is 237 g/mol. The van der Waals surface area contributed by atoms with Crippen LogP contribution < -0.4 is 16.6 Å². The van der Waals surface area contributed by atoms with Crippen LogP contribution in [0.5, 0.6) is 0 Å². The third-order valence-corrected chi connectivity index (χ3v) is 2.99. The number of nitrogens with one attached hydrogen (secondary N) is 2. The molecule has 0 unspecified atom stereocenters. The van der Waals surface area contributed by atoms with Crippen molar-refractivity contribution >= 4 is 11.6 Å². The fourth-order valence-corrected chi connectivity index (χ4v) is 1.39.